The van der Waals surface area contributed by atoms with Crippen molar-refractivity contribution >= 4 is 45.3 Å². The highest BCUT2D eigenvalue weighted by Gasteiger charge is 2.26. The van der Waals surface area contributed by atoms with Crippen molar-refractivity contribution in [2.75, 3.05) is 5.32 Å². The number of hydrogen-bond donors (Lipinski definition) is 2. The molecule has 5 rings (SSSR count). The summed E-state index contributed by atoms with van der Waals surface area (Å²) >= 11 is 6.50. The van der Waals surface area contributed by atoms with E-state index in [1.165, 1.54) is 6.07 Å². The van der Waals surface area contributed by atoms with Gasteiger partial charge in [-0.1, -0.05) is 29.8 Å². The summed E-state index contributed by atoms with van der Waals surface area (Å²) in [6, 6.07) is 12.7. The zero-order valence-corrected chi connectivity index (χ0v) is 16.5. The molecule has 0 fully saturated rings. The van der Waals surface area contributed by atoms with Crippen molar-refractivity contribution < 1.29 is 4.92 Å². The molecule has 0 saturated heterocycles. The Bertz CT molecular complexity index is 1380. The highest BCUT2D eigenvalue weighted by Crippen LogP contribution is 2.38. The van der Waals surface area contributed by atoms with E-state index in [4.69, 9.17) is 16.6 Å². The maximum atomic E-state index is 11.7. The Morgan fingerprint density at radius 2 is 2.00 bits per heavy atom. The fourth-order valence-electron chi connectivity index (χ4n) is 3.65. The average molecular weight is 419 g/mol. The quantitative estimate of drug-likeness (QED) is 0.371. The van der Waals surface area contributed by atoms with Gasteiger partial charge in [0.1, 0.15) is 11.2 Å². The minimum atomic E-state index is -0.429. The van der Waals surface area contributed by atoms with Crippen molar-refractivity contribution in [1.29, 1.82) is 0 Å². The molecule has 3 heterocycles. The number of nitrogens with one attached hydrogen (secondary N) is 2. The molecule has 0 radical (unpaired) electrons. The number of aromatic nitrogens is 3. The van der Waals surface area contributed by atoms with Crippen LogP contribution in [0.2, 0.25) is 5.02 Å². The van der Waals surface area contributed by atoms with Gasteiger partial charge in [-0.25, -0.2) is 4.99 Å². The van der Waals surface area contributed by atoms with Gasteiger partial charge in [0.05, 0.1) is 33.6 Å². The largest absolute Gasteiger partial charge is 0.359 e. The van der Waals surface area contributed by atoms with Crippen LogP contribution in [-0.4, -0.2) is 25.4 Å². The number of halogens is 1. The van der Waals surface area contributed by atoms with Gasteiger partial charge in [-0.3, -0.25) is 15.2 Å². The first-order chi connectivity index (χ1) is 14.5. The summed E-state index contributed by atoms with van der Waals surface area (Å²) in [5.41, 5.74) is 4.30. The number of aliphatic imine (C=N–C) groups is 1. The summed E-state index contributed by atoms with van der Waals surface area (Å²) < 4.78 is 1.95. The molecule has 2 N–H and O–H groups in total. The van der Waals surface area contributed by atoms with E-state index in [0.717, 1.165) is 5.69 Å². The fraction of sp³-hybridized carbons (Fsp3) is 0.0476. The molecule has 0 spiro atoms. The highest BCUT2D eigenvalue weighted by atomic mass is 35.5. The minimum Gasteiger partial charge on any atom is -0.359 e. The van der Waals surface area contributed by atoms with Gasteiger partial charge in [0.2, 0.25) is 0 Å². The SMILES string of the molecule is Cn1cccc1C1=CNc2c(cc([N+](=O)[O-])c3[nH]ncc23)C(c2ccccc2Cl)=N1. The van der Waals surface area contributed by atoms with Crippen molar-refractivity contribution in [1.82, 2.24) is 14.8 Å². The lowest BCUT2D eigenvalue weighted by Crippen LogP contribution is -2.07. The summed E-state index contributed by atoms with van der Waals surface area (Å²) in [5.74, 6) is 0. The van der Waals surface area contributed by atoms with Crippen LogP contribution in [-0.2, 0) is 7.05 Å². The van der Waals surface area contributed by atoms with Gasteiger partial charge >= 0.3 is 0 Å². The lowest BCUT2D eigenvalue weighted by molar-refractivity contribution is -0.383. The first kappa shape index (κ1) is 18.1. The van der Waals surface area contributed by atoms with Crippen LogP contribution >= 0.6 is 11.6 Å². The summed E-state index contributed by atoms with van der Waals surface area (Å²) in [6.07, 6.45) is 5.29. The molecule has 1 aliphatic heterocycles. The van der Waals surface area contributed by atoms with Crippen LogP contribution in [0, 0.1) is 10.1 Å². The zero-order chi connectivity index (χ0) is 20.8. The van der Waals surface area contributed by atoms with E-state index in [1.54, 1.807) is 18.5 Å². The Balaban J connectivity index is 1.86. The van der Waals surface area contributed by atoms with Crippen molar-refractivity contribution in [3.05, 3.63) is 93.0 Å². The summed E-state index contributed by atoms with van der Waals surface area (Å²) in [6.45, 7) is 0. The molecule has 0 amide bonds. The van der Waals surface area contributed by atoms with Gasteiger partial charge in [0, 0.05) is 41.7 Å². The predicted molar refractivity (Wildman–Crippen MR) is 117 cm³/mol. The predicted octanol–water partition coefficient (Wildman–Crippen LogP) is 4.72. The van der Waals surface area contributed by atoms with Gasteiger partial charge in [0.25, 0.3) is 5.69 Å². The second-order valence-electron chi connectivity index (χ2n) is 6.85. The van der Waals surface area contributed by atoms with Gasteiger partial charge in [-0.05, 0) is 18.2 Å². The Morgan fingerprint density at radius 1 is 1.17 bits per heavy atom. The topological polar surface area (TPSA) is 101 Å². The Labute approximate surface area is 175 Å². The first-order valence-corrected chi connectivity index (χ1v) is 9.49. The zero-order valence-electron chi connectivity index (χ0n) is 15.8. The second-order valence-corrected chi connectivity index (χ2v) is 7.26. The summed E-state index contributed by atoms with van der Waals surface area (Å²) in [7, 11) is 1.93. The number of nitro benzene ring substituents is 1. The highest BCUT2D eigenvalue weighted by molar-refractivity contribution is 6.36. The Hall–Kier alpha value is -3.91. The molecular formula is C21H15ClN6O2. The van der Waals surface area contributed by atoms with Crippen molar-refractivity contribution in [2.24, 2.45) is 12.0 Å². The van der Waals surface area contributed by atoms with Crippen LogP contribution in [0.4, 0.5) is 11.4 Å². The molecule has 4 aromatic rings. The number of H-pyrrole nitrogens is 1. The number of aryl methyl sites for hydroxylation is 1. The van der Waals surface area contributed by atoms with Crippen molar-refractivity contribution in [2.45, 2.75) is 0 Å². The number of nitrogens with zero attached hydrogens (tertiary/aromatic N) is 4. The van der Waals surface area contributed by atoms with E-state index in [-0.39, 0.29) is 5.69 Å². The lowest BCUT2D eigenvalue weighted by Gasteiger charge is -2.13. The van der Waals surface area contributed by atoms with E-state index >= 15 is 0 Å². The van der Waals surface area contributed by atoms with E-state index in [0.29, 0.717) is 44.1 Å². The average Bonchev–Trinajstić information content (AvgIpc) is 3.34. The summed E-state index contributed by atoms with van der Waals surface area (Å²) in [5, 5.41) is 22.9. The lowest BCUT2D eigenvalue weighted by atomic mass is 9.97. The van der Waals surface area contributed by atoms with Crippen LogP contribution in [0.25, 0.3) is 16.6 Å². The van der Waals surface area contributed by atoms with E-state index in [2.05, 4.69) is 15.5 Å². The molecule has 0 saturated carbocycles. The van der Waals surface area contributed by atoms with E-state index in [9.17, 15) is 10.1 Å². The maximum absolute atomic E-state index is 11.7. The molecular weight excluding hydrogens is 404 g/mol. The monoisotopic (exact) mass is 418 g/mol. The third-order valence-electron chi connectivity index (χ3n) is 5.09. The molecule has 0 unspecified atom stereocenters. The standard InChI is InChI=1S/C21H15ClN6O2/c1-27-8-4-7-17(27)16-11-23-19-13(20(25-16)12-5-2-3-6-15(12)22)9-18(28(29)30)21-14(19)10-24-26-21/h2-11,23H,1H3,(H,24,26). The van der Waals surface area contributed by atoms with Crippen LogP contribution in [0.3, 0.4) is 0 Å². The third kappa shape index (κ3) is 2.77. The smallest absolute Gasteiger partial charge is 0.295 e. The van der Waals surface area contributed by atoms with Crippen LogP contribution in [0.1, 0.15) is 16.8 Å². The van der Waals surface area contributed by atoms with Crippen LogP contribution in [0.5, 0.6) is 0 Å². The maximum Gasteiger partial charge on any atom is 0.295 e. The number of rotatable bonds is 3. The normalized spacial score (nSPS) is 13.3. The fourth-order valence-corrected chi connectivity index (χ4v) is 3.88. The molecule has 148 valence electrons. The summed E-state index contributed by atoms with van der Waals surface area (Å²) in [4.78, 5) is 16.2. The first-order valence-electron chi connectivity index (χ1n) is 9.11. The molecule has 9 heteroatoms. The van der Waals surface area contributed by atoms with Gasteiger partial charge in [-0.15, -0.1) is 0 Å². The molecule has 0 atom stereocenters. The van der Waals surface area contributed by atoms with Gasteiger partial charge < -0.3 is 9.88 Å². The molecule has 0 bridgehead atoms. The number of benzene rings is 2. The van der Waals surface area contributed by atoms with Gasteiger partial charge in [-0.2, -0.15) is 5.10 Å². The Kier molecular flexibility index (Phi) is 4.14. The molecule has 0 aliphatic carbocycles. The third-order valence-corrected chi connectivity index (χ3v) is 5.42. The number of aromatic amines is 1. The van der Waals surface area contributed by atoms with E-state index < -0.39 is 4.92 Å². The molecule has 8 nitrogen and oxygen atoms in total. The number of fused-ring (bicyclic) bond motifs is 3. The van der Waals surface area contributed by atoms with Crippen molar-refractivity contribution in [3.63, 3.8) is 0 Å². The number of anilines is 1. The number of nitro groups is 1. The molecule has 2 aromatic heterocycles. The second kappa shape index (κ2) is 6.85. The van der Waals surface area contributed by atoms with Crippen molar-refractivity contribution in [3.8, 4) is 0 Å². The number of non-ortho nitro benzene ring substituents is 1. The van der Waals surface area contributed by atoms with Crippen LogP contribution in [0.15, 0.2) is 66.1 Å². The Morgan fingerprint density at radius 3 is 2.73 bits per heavy atom. The molecule has 2 aromatic carbocycles. The van der Waals surface area contributed by atoms with E-state index in [1.807, 2.05) is 48.1 Å². The van der Waals surface area contributed by atoms with Crippen LogP contribution < -0.4 is 5.32 Å². The molecule has 30 heavy (non-hydrogen) atoms. The minimum absolute atomic E-state index is 0.0786. The number of hydrogen-bond acceptors (Lipinski definition) is 5. The van der Waals surface area contributed by atoms with Gasteiger partial charge in [0.15, 0.2) is 0 Å². The molecule has 1 aliphatic rings.